The molecule has 2 rings (SSSR count). The molecule has 0 aromatic heterocycles. The maximum Gasteiger partial charge on any atom is 0.238 e. The minimum atomic E-state index is -3.09. The second-order valence-electron chi connectivity index (χ2n) is 4.55. The van der Waals surface area contributed by atoms with Crippen LogP contribution in [0.5, 0.6) is 0 Å². The highest BCUT2D eigenvalue weighted by Gasteiger charge is 2.31. The van der Waals surface area contributed by atoms with E-state index < -0.39 is 9.84 Å². The van der Waals surface area contributed by atoms with Crippen LogP contribution >= 0.6 is 11.6 Å². The molecule has 1 aliphatic heterocycles. The zero-order valence-corrected chi connectivity index (χ0v) is 12.0. The van der Waals surface area contributed by atoms with Crippen molar-refractivity contribution >= 4 is 27.3 Å². The number of nitrogens with zero attached hydrogens (tertiary/aromatic N) is 1. The molecule has 1 amide bonds. The molecule has 1 unspecified atom stereocenters. The van der Waals surface area contributed by atoms with Crippen molar-refractivity contribution in [3.8, 4) is 0 Å². The van der Waals surface area contributed by atoms with Gasteiger partial charge < -0.3 is 4.90 Å². The van der Waals surface area contributed by atoms with Crippen molar-refractivity contribution in [1.29, 1.82) is 0 Å². The van der Waals surface area contributed by atoms with Crippen LogP contribution in [0.15, 0.2) is 24.3 Å². The van der Waals surface area contributed by atoms with Crippen molar-refractivity contribution < 1.29 is 13.2 Å². The monoisotopic (exact) mass is 302 g/mol. The van der Waals surface area contributed by atoms with Crippen LogP contribution in [0.4, 0.5) is 0 Å². The molecular formula is C12H15ClN2O3S. The highest BCUT2D eigenvalue weighted by molar-refractivity contribution is 7.90. The molecule has 1 aliphatic rings. The van der Waals surface area contributed by atoms with Crippen LogP contribution in [0.1, 0.15) is 11.7 Å². The molecule has 1 fully saturated rings. The van der Waals surface area contributed by atoms with E-state index in [9.17, 15) is 13.2 Å². The lowest BCUT2D eigenvalue weighted by molar-refractivity contribution is -0.127. The fourth-order valence-electron chi connectivity index (χ4n) is 2.00. The van der Waals surface area contributed by atoms with Crippen molar-refractivity contribution in [2.24, 2.45) is 0 Å². The van der Waals surface area contributed by atoms with Gasteiger partial charge in [-0.25, -0.2) is 8.42 Å². The van der Waals surface area contributed by atoms with Gasteiger partial charge in [-0.2, -0.15) is 0 Å². The van der Waals surface area contributed by atoms with Crippen LogP contribution < -0.4 is 5.32 Å². The van der Waals surface area contributed by atoms with E-state index in [-0.39, 0.29) is 30.9 Å². The van der Waals surface area contributed by atoms with E-state index in [0.717, 1.165) is 11.8 Å². The Morgan fingerprint density at radius 3 is 2.58 bits per heavy atom. The molecule has 19 heavy (non-hydrogen) atoms. The summed E-state index contributed by atoms with van der Waals surface area (Å²) in [4.78, 5) is 13.3. The lowest BCUT2D eigenvalue weighted by Crippen LogP contribution is -2.34. The zero-order chi connectivity index (χ0) is 14.0. The first-order valence-electron chi connectivity index (χ1n) is 5.83. The average molecular weight is 303 g/mol. The Bertz CT molecular complexity index is 571. The summed E-state index contributed by atoms with van der Waals surface area (Å²) in [7, 11) is -3.09. The molecule has 0 saturated carbocycles. The summed E-state index contributed by atoms with van der Waals surface area (Å²) in [6.45, 7) is 0.412. The predicted octanol–water partition coefficient (Wildman–Crippen LogP) is 0.815. The third-order valence-corrected chi connectivity index (χ3v) is 4.14. The molecule has 1 N–H and O–H groups in total. The highest BCUT2D eigenvalue weighted by Crippen LogP contribution is 2.23. The third kappa shape index (κ3) is 3.68. The molecule has 1 saturated heterocycles. The largest absolute Gasteiger partial charge is 0.321 e. The second kappa shape index (κ2) is 5.48. The normalized spacial score (nSPS) is 20.0. The Morgan fingerprint density at radius 1 is 1.37 bits per heavy atom. The van der Waals surface area contributed by atoms with E-state index in [2.05, 4.69) is 5.32 Å². The number of benzene rings is 1. The molecule has 104 valence electrons. The Kier molecular flexibility index (Phi) is 4.13. The first-order chi connectivity index (χ1) is 8.87. The minimum absolute atomic E-state index is 0.0372. The molecule has 0 spiro atoms. The number of carbonyl (C=O) groups excluding carboxylic acids is 1. The number of nitrogens with one attached hydrogen (secondary N) is 1. The van der Waals surface area contributed by atoms with Crippen LogP contribution in [0.3, 0.4) is 0 Å². The molecule has 5 nitrogen and oxygen atoms in total. The molecule has 1 heterocycles. The fraction of sp³-hybridized carbons (Fsp3) is 0.417. The van der Waals surface area contributed by atoms with Crippen LogP contribution in [0, 0.1) is 0 Å². The van der Waals surface area contributed by atoms with Gasteiger partial charge in [0.05, 0.1) is 12.3 Å². The molecule has 0 bridgehead atoms. The lowest BCUT2D eigenvalue weighted by atomic mass is 10.1. The van der Waals surface area contributed by atoms with Gasteiger partial charge in [0.15, 0.2) is 0 Å². The minimum Gasteiger partial charge on any atom is -0.321 e. The number of hydrogen-bond donors (Lipinski definition) is 1. The first kappa shape index (κ1) is 14.3. The van der Waals surface area contributed by atoms with Crippen LogP contribution in [0.2, 0.25) is 5.02 Å². The predicted molar refractivity (Wildman–Crippen MR) is 73.6 cm³/mol. The molecule has 0 aliphatic carbocycles. The summed E-state index contributed by atoms with van der Waals surface area (Å²) >= 11 is 5.82. The summed E-state index contributed by atoms with van der Waals surface area (Å²) in [6.07, 6.45) is 0.879. The first-order valence-corrected chi connectivity index (χ1v) is 8.27. The molecule has 1 aromatic carbocycles. The van der Waals surface area contributed by atoms with E-state index in [1.807, 2.05) is 12.1 Å². The summed E-state index contributed by atoms with van der Waals surface area (Å²) in [6, 6.07) is 7.14. The Hall–Kier alpha value is -1.11. The van der Waals surface area contributed by atoms with E-state index in [1.165, 1.54) is 0 Å². The number of hydrogen-bond acceptors (Lipinski definition) is 4. The summed E-state index contributed by atoms with van der Waals surface area (Å²) in [5.74, 6) is -0.131. The SMILES string of the molecule is CS(=O)(=O)CCN1C(=O)CNC1c1ccc(Cl)cc1. The second-order valence-corrected chi connectivity index (χ2v) is 7.25. The third-order valence-electron chi connectivity index (χ3n) is 2.97. The van der Waals surface area contributed by atoms with Gasteiger partial charge in [-0.15, -0.1) is 0 Å². The molecule has 1 atom stereocenters. The van der Waals surface area contributed by atoms with Crippen LogP contribution in [0.25, 0.3) is 0 Å². The van der Waals surface area contributed by atoms with Crippen LogP contribution in [-0.4, -0.2) is 44.3 Å². The number of sulfone groups is 1. The van der Waals surface area contributed by atoms with Gasteiger partial charge >= 0.3 is 0 Å². The quantitative estimate of drug-likeness (QED) is 0.894. The maximum absolute atomic E-state index is 11.8. The van der Waals surface area contributed by atoms with Gasteiger partial charge in [-0.1, -0.05) is 23.7 Å². The van der Waals surface area contributed by atoms with Crippen molar-refractivity contribution in [2.75, 3.05) is 25.1 Å². The average Bonchev–Trinajstić information content (AvgIpc) is 2.68. The van der Waals surface area contributed by atoms with E-state index in [4.69, 9.17) is 11.6 Å². The van der Waals surface area contributed by atoms with Gasteiger partial charge in [0.25, 0.3) is 0 Å². The van der Waals surface area contributed by atoms with Crippen LogP contribution in [-0.2, 0) is 14.6 Å². The Labute approximate surface area is 117 Å². The van der Waals surface area contributed by atoms with E-state index in [0.29, 0.717) is 5.02 Å². The maximum atomic E-state index is 11.8. The number of halogens is 1. The van der Waals surface area contributed by atoms with Crippen molar-refractivity contribution in [2.45, 2.75) is 6.17 Å². The smallest absolute Gasteiger partial charge is 0.238 e. The molecular weight excluding hydrogens is 288 g/mol. The van der Waals surface area contributed by atoms with Crippen molar-refractivity contribution in [3.05, 3.63) is 34.9 Å². The number of amides is 1. The van der Waals surface area contributed by atoms with Gasteiger partial charge in [-0.05, 0) is 17.7 Å². The standard InChI is InChI=1S/C12H15ClN2O3S/c1-19(17,18)7-6-15-11(16)8-14-12(15)9-2-4-10(13)5-3-9/h2-5,12,14H,6-8H2,1H3. The molecule has 1 aromatic rings. The van der Waals surface area contributed by atoms with Gasteiger partial charge in [0, 0.05) is 17.8 Å². The highest BCUT2D eigenvalue weighted by atomic mass is 35.5. The van der Waals surface area contributed by atoms with E-state index in [1.54, 1.807) is 17.0 Å². The lowest BCUT2D eigenvalue weighted by Gasteiger charge is -2.24. The number of carbonyl (C=O) groups is 1. The molecule has 7 heteroatoms. The number of rotatable bonds is 4. The van der Waals surface area contributed by atoms with E-state index >= 15 is 0 Å². The summed E-state index contributed by atoms with van der Waals surface area (Å²) in [5, 5.41) is 3.69. The fourth-order valence-corrected chi connectivity index (χ4v) is 2.65. The van der Waals surface area contributed by atoms with Crippen molar-refractivity contribution in [3.63, 3.8) is 0 Å². The van der Waals surface area contributed by atoms with Gasteiger partial charge in [0.1, 0.15) is 16.0 Å². The van der Waals surface area contributed by atoms with Gasteiger partial charge in [0.2, 0.25) is 5.91 Å². The van der Waals surface area contributed by atoms with Gasteiger partial charge in [-0.3, -0.25) is 10.1 Å². The topological polar surface area (TPSA) is 66.5 Å². The summed E-state index contributed by atoms with van der Waals surface area (Å²) in [5.41, 5.74) is 0.892. The Balaban J connectivity index is 2.15. The van der Waals surface area contributed by atoms with Crippen molar-refractivity contribution in [1.82, 2.24) is 10.2 Å². The zero-order valence-electron chi connectivity index (χ0n) is 10.5. The Morgan fingerprint density at radius 2 is 2.00 bits per heavy atom. The summed E-state index contributed by atoms with van der Waals surface area (Å²) < 4.78 is 22.4. The molecule has 0 radical (unpaired) electrons.